The van der Waals surface area contributed by atoms with E-state index in [0.29, 0.717) is 11.3 Å². The van der Waals surface area contributed by atoms with Gasteiger partial charge in [0.05, 0.1) is 6.21 Å². The van der Waals surface area contributed by atoms with Crippen molar-refractivity contribution in [1.29, 1.82) is 0 Å². The zero-order valence-electron chi connectivity index (χ0n) is 14.5. The molecule has 0 bridgehead atoms. The summed E-state index contributed by atoms with van der Waals surface area (Å²) in [7, 11) is 0. The van der Waals surface area contributed by atoms with Crippen molar-refractivity contribution in [2.45, 2.75) is 25.7 Å². The molecule has 0 spiro atoms. The number of furan rings is 2. The van der Waals surface area contributed by atoms with Gasteiger partial charge >= 0.3 is 5.91 Å². The maximum Gasteiger partial charge on any atom is 0.307 e. The van der Waals surface area contributed by atoms with Gasteiger partial charge < -0.3 is 13.7 Å². The van der Waals surface area contributed by atoms with Crippen LogP contribution in [0, 0.1) is 0 Å². The Hall–Kier alpha value is -3.02. The second-order valence-electron chi connectivity index (χ2n) is 6.42. The molecular weight excluding hydrogens is 330 g/mol. The minimum atomic E-state index is -0.392. The fourth-order valence-electron chi connectivity index (χ4n) is 3.18. The molecule has 0 radical (unpaired) electrons. The van der Waals surface area contributed by atoms with E-state index in [2.05, 4.69) is 15.4 Å². The van der Waals surface area contributed by atoms with Crippen molar-refractivity contribution < 1.29 is 13.6 Å². The molecule has 1 aliphatic rings. The second-order valence-corrected chi connectivity index (χ2v) is 6.42. The van der Waals surface area contributed by atoms with Crippen LogP contribution in [0.4, 0.5) is 5.88 Å². The first-order chi connectivity index (χ1) is 12.8. The Morgan fingerprint density at radius 3 is 2.65 bits per heavy atom. The average Bonchev–Trinajstić information content (AvgIpc) is 3.21. The number of rotatable bonds is 4. The molecule has 1 aliphatic heterocycles. The Bertz CT molecular complexity index is 884. The van der Waals surface area contributed by atoms with Gasteiger partial charge in [-0.05, 0) is 31.0 Å². The van der Waals surface area contributed by atoms with Crippen LogP contribution in [0.5, 0.6) is 0 Å². The van der Waals surface area contributed by atoms with Crippen LogP contribution in [0.25, 0.3) is 11.0 Å². The molecule has 6 heteroatoms. The molecule has 2 aromatic heterocycles. The fourth-order valence-corrected chi connectivity index (χ4v) is 3.18. The van der Waals surface area contributed by atoms with E-state index in [9.17, 15) is 4.79 Å². The summed E-state index contributed by atoms with van der Waals surface area (Å²) in [6, 6.07) is 13.0. The molecule has 0 saturated carbocycles. The van der Waals surface area contributed by atoms with Gasteiger partial charge in [-0.3, -0.25) is 4.79 Å². The van der Waals surface area contributed by atoms with Gasteiger partial charge in [0.25, 0.3) is 0 Å². The number of anilines is 1. The number of hydrogen-bond acceptors (Lipinski definition) is 5. The Morgan fingerprint density at radius 2 is 1.85 bits per heavy atom. The van der Waals surface area contributed by atoms with Gasteiger partial charge in [0.1, 0.15) is 11.3 Å². The maximum atomic E-state index is 12.1. The molecule has 1 aromatic carbocycles. The number of hydrazone groups is 1. The Kier molecular flexibility index (Phi) is 4.73. The lowest BCUT2D eigenvalue weighted by Gasteiger charge is -2.18. The van der Waals surface area contributed by atoms with Gasteiger partial charge in [-0.25, -0.2) is 5.43 Å². The van der Waals surface area contributed by atoms with Crippen molar-refractivity contribution >= 4 is 29.0 Å². The molecule has 3 aromatic rings. The van der Waals surface area contributed by atoms with Crippen molar-refractivity contribution in [1.82, 2.24) is 5.43 Å². The fraction of sp³-hybridized carbons (Fsp3) is 0.300. The zero-order valence-corrected chi connectivity index (χ0v) is 14.5. The predicted octanol–water partition coefficient (Wildman–Crippen LogP) is 4.17. The molecule has 0 unspecified atom stereocenters. The molecule has 1 amide bonds. The molecule has 0 aliphatic carbocycles. The number of nitrogens with zero attached hydrogens (tertiary/aromatic N) is 2. The van der Waals surface area contributed by atoms with Gasteiger partial charge in [-0.2, -0.15) is 5.10 Å². The smallest absolute Gasteiger partial charge is 0.307 e. The van der Waals surface area contributed by atoms with Gasteiger partial charge in [-0.1, -0.05) is 31.0 Å². The Balaban J connectivity index is 1.38. The van der Waals surface area contributed by atoms with Crippen LogP contribution in [-0.2, 0) is 0 Å². The van der Waals surface area contributed by atoms with Gasteiger partial charge in [0, 0.05) is 24.5 Å². The van der Waals surface area contributed by atoms with E-state index in [-0.39, 0.29) is 5.76 Å². The Labute approximate surface area is 151 Å². The zero-order chi connectivity index (χ0) is 17.8. The van der Waals surface area contributed by atoms with Crippen LogP contribution < -0.4 is 10.3 Å². The van der Waals surface area contributed by atoms with Crippen LogP contribution in [0.1, 0.15) is 42.0 Å². The Morgan fingerprint density at radius 1 is 1.04 bits per heavy atom. The van der Waals surface area contributed by atoms with Gasteiger partial charge in [-0.15, -0.1) is 0 Å². The number of para-hydroxylation sites is 1. The minimum Gasteiger partial charge on any atom is -0.451 e. The molecule has 3 heterocycles. The average molecular weight is 351 g/mol. The van der Waals surface area contributed by atoms with E-state index in [4.69, 9.17) is 8.83 Å². The van der Waals surface area contributed by atoms with Crippen molar-refractivity contribution in [2.75, 3.05) is 18.0 Å². The molecule has 1 fully saturated rings. The van der Waals surface area contributed by atoms with Gasteiger partial charge in [0.15, 0.2) is 11.6 Å². The van der Waals surface area contributed by atoms with E-state index >= 15 is 0 Å². The highest BCUT2D eigenvalue weighted by Crippen LogP contribution is 2.21. The molecule has 1 N–H and O–H groups in total. The summed E-state index contributed by atoms with van der Waals surface area (Å²) in [4.78, 5) is 14.4. The lowest BCUT2D eigenvalue weighted by Crippen LogP contribution is -2.23. The first-order valence-corrected chi connectivity index (χ1v) is 8.96. The maximum absolute atomic E-state index is 12.1. The van der Waals surface area contributed by atoms with Crippen molar-refractivity contribution in [3.8, 4) is 0 Å². The molecule has 6 nitrogen and oxygen atoms in total. The number of benzene rings is 1. The summed E-state index contributed by atoms with van der Waals surface area (Å²) < 4.78 is 11.3. The van der Waals surface area contributed by atoms with Crippen molar-refractivity contribution in [2.24, 2.45) is 5.10 Å². The number of carbonyl (C=O) groups excluding carboxylic acids is 1. The standard InChI is InChI=1S/C20H21N3O3/c24-20(18-13-15-7-3-4-8-17(15)26-18)22-21-14-16-9-10-19(25-16)23-11-5-1-2-6-12-23/h3-4,7-10,13-14H,1-2,5-6,11-12H2,(H,22,24)/b21-14-. The number of carbonyl (C=O) groups is 1. The predicted molar refractivity (Wildman–Crippen MR) is 101 cm³/mol. The van der Waals surface area contributed by atoms with E-state index in [1.54, 1.807) is 6.07 Å². The normalized spacial score (nSPS) is 15.5. The molecule has 1 saturated heterocycles. The third-order valence-electron chi connectivity index (χ3n) is 4.54. The molecular formula is C20H21N3O3. The van der Waals surface area contributed by atoms with Crippen LogP contribution in [-0.4, -0.2) is 25.2 Å². The third-order valence-corrected chi connectivity index (χ3v) is 4.54. The topological polar surface area (TPSA) is 71.0 Å². The lowest BCUT2D eigenvalue weighted by atomic mass is 10.2. The third kappa shape index (κ3) is 3.64. The van der Waals surface area contributed by atoms with Crippen LogP contribution in [0.2, 0.25) is 0 Å². The van der Waals surface area contributed by atoms with E-state index in [1.807, 2.05) is 36.4 Å². The SMILES string of the molecule is O=C(N/N=C\c1ccc(N2CCCCCC2)o1)c1cc2ccccc2o1. The molecule has 4 rings (SSSR count). The first-order valence-electron chi connectivity index (χ1n) is 8.96. The monoisotopic (exact) mass is 351 g/mol. The summed E-state index contributed by atoms with van der Waals surface area (Å²) in [5.41, 5.74) is 3.15. The summed E-state index contributed by atoms with van der Waals surface area (Å²) in [6.45, 7) is 2.04. The largest absolute Gasteiger partial charge is 0.451 e. The molecule has 134 valence electrons. The first kappa shape index (κ1) is 16.4. The van der Waals surface area contributed by atoms with Crippen LogP contribution in [0.15, 0.2) is 56.4 Å². The van der Waals surface area contributed by atoms with Crippen molar-refractivity contribution in [3.05, 3.63) is 54.0 Å². The van der Waals surface area contributed by atoms with E-state index in [0.717, 1.165) is 24.4 Å². The number of fused-ring (bicyclic) bond motifs is 1. The van der Waals surface area contributed by atoms with Crippen LogP contribution in [0.3, 0.4) is 0 Å². The van der Waals surface area contributed by atoms with E-state index < -0.39 is 5.91 Å². The lowest BCUT2D eigenvalue weighted by molar-refractivity contribution is 0.0929. The molecule has 26 heavy (non-hydrogen) atoms. The molecule has 0 atom stereocenters. The summed E-state index contributed by atoms with van der Waals surface area (Å²) in [5.74, 6) is 1.30. The minimum absolute atomic E-state index is 0.230. The summed E-state index contributed by atoms with van der Waals surface area (Å²) >= 11 is 0. The van der Waals surface area contributed by atoms with Gasteiger partial charge in [0.2, 0.25) is 0 Å². The number of amides is 1. The number of hydrogen-bond donors (Lipinski definition) is 1. The summed E-state index contributed by atoms with van der Waals surface area (Å²) in [6.07, 6.45) is 6.44. The highest BCUT2D eigenvalue weighted by atomic mass is 16.4. The van der Waals surface area contributed by atoms with Crippen molar-refractivity contribution in [3.63, 3.8) is 0 Å². The highest BCUT2D eigenvalue weighted by molar-refractivity contribution is 5.96. The second kappa shape index (κ2) is 7.47. The number of nitrogens with one attached hydrogen (secondary N) is 1. The highest BCUT2D eigenvalue weighted by Gasteiger charge is 2.13. The quantitative estimate of drug-likeness (QED) is 0.566. The van der Waals surface area contributed by atoms with Crippen LogP contribution >= 0.6 is 0 Å². The van der Waals surface area contributed by atoms with E-state index in [1.165, 1.54) is 31.9 Å². The summed E-state index contributed by atoms with van der Waals surface area (Å²) in [5, 5.41) is 4.85.